The molecular weight excluding hydrogens is 410 g/mol. The second-order valence-electron chi connectivity index (χ2n) is 6.52. The van der Waals surface area contributed by atoms with Gasteiger partial charge in [0.05, 0.1) is 4.92 Å². The fourth-order valence-electron chi connectivity index (χ4n) is 3.48. The van der Waals surface area contributed by atoms with Crippen LogP contribution in [0.2, 0.25) is 0 Å². The summed E-state index contributed by atoms with van der Waals surface area (Å²) < 4.78 is 0.963. The minimum atomic E-state index is -0.365. The summed E-state index contributed by atoms with van der Waals surface area (Å²) in [4.78, 5) is 24.4. The third-order valence-corrected chi connectivity index (χ3v) is 5.25. The molecule has 1 aliphatic heterocycles. The predicted octanol–water partition coefficient (Wildman–Crippen LogP) is 3.94. The SMILES string of the molecule is Cc1cc(N2CCN(c3ccc(Br)cn3)CC2)c2cccc([N+](=O)[O-])c2n1. The molecule has 0 unspecified atom stereocenters. The number of nitrogens with zero attached hydrogens (tertiary/aromatic N) is 5. The van der Waals surface area contributed by atoms with Crippen LogP contribution in [0.25, 0.3) is 10.9 Å². The number of nitro groups is 1. The lowest BCUT2D eigenvalue weighted by molar-refractivity contribution is -0.383. The van der Waals surface area contributed by atoms with Crippen LogP contribution in [0.4, 0.5) is 17.2 Å². The second kappa shape index (κ2) is 7.11. The van der Waals surface area contributed by atoms with E-state index in [1.54, 1.807) is 12.3 Å². The molecule has 4 rings (SSSR count). The first-order chi connectivity index (χ1) is 13.0. The summed E-state index contributed by atoms with van der Waals surface area (Å²) in [6, 6.07) is 11.2. The molecule has 8 heteroatoms. The van der Waals surface area contributed by atoms with Crippen LogP contribution in [0.1, 0.15) is 5.69 Å². The molecule has 1 aromatic carbocycles. The topological polar surface area (TPSA) is 75.4 Å². The number of non-ortho nitro benzene ring substituents is 1. The Bertz CT molecular complexity index is 1000. The van der Waals surface area contributed by atoms with Crippen molar-refractivity contribution in [2.75, 3.05) is 36.0 Å². The molecule has 0 aliphatic carbocycles. The first-order valence-electron chi connectivity index (χ1n) is 8.69. The number of para-hydroxylation sites is 1. The summed E-state index contributed by atoms with van der Waals surface area (Å²) in [6.45, 7) is 5.19. The summed E-state index contributed by atoms with van der Waals surface area (Å²) >= 11 is 3.41. The maximum atomic E-state index is 11.4. The van der Waals surface area contributed by atoms with E-state index in [1.807, 2.05) is 31.2 Å². The van der Waals surface area contributed by atoms with Crippen molar-refractivity contribution in [1.29, 1.82) is 0 Å². The molecule has 0 saturated carbocycles. The second-order valence-corrected chi connectivity index (χ2v) is 7.44. The number of anilines is 2. The summed E-state index contributed by atoms with van der Waals surface area (Å²) in [7, 11) is 0. The minimum Gasteiger partial charge on any atom is -0.367 e. The highest BCUT2D eigenvalue weighted by Gasteiger charge is 2.22. The van der Waals surface area contributed by atoms with Crippen LogP contribution < -0.4 is 9.80 Å². The van der Waals surface area contributed by atoms with Gasteiger partial charge in [0.15, 0.2) is 5.52 Å². The summed E-state index contributed by atoms with van der Waals surface area (Å²) in [6.07, 6.45) is 1.81. The predicted molar refractivity (Wildman–Crippen MR) is 109 cm³/mol. The normalized spacial score (nSPS) is 14.6. The van der Waals surface area contributed by atoms with Crippen LogP contribution in [0, 0.1) is 17.0 Å². The van der Waals surface area contributed by atoms with Gasteiger partial charge in [-0.05, 0) is 41.1 Å². The van der Waals surface area contributed by atoms with E-state index in [1.165, 1.54) is 6.07 Å². The van der Waals surface area contributed by atoms with Crippen molar-refractivity contribution in [3.05, 3.63) is 62.9 Å². The lowest BCUT2D eigenvalue weighted by Gasteiger charge is -2.37. The van der Waals surface area contributed by atoms with E-state index in [-0.39, 0.29) is 10.6 Å². The molecule has 0 spiro atoms. The molecular formula is C19H18BrN5O2. The van der Waals surface area contributed by atoms with E-state index in [4.69, 9.17) is 0 Å². The van der Waals surface area contributed by atoms with Gasteiger partial charge in [-0.15, -0.1) is 0 Å². The Kier molecular flexibility index (Phi) is 4.65. The van der Waals surface area contributed by atoms with Gasteiger partial charge in [-0.2, -0.15) is 0 Å². The van der Waals surface area contributed by atoms with Crippen LogP contribution in [-0.4, -0.2) is 41.1 Å². The molecule has 0 radical (unpaired) electrons. The molecule has 3 aromatic rings. The van der Waals surface area contributed by atoms with Crippen LogP contribution in [0.5, 0.6) is 0 Å². The van der Waals surface area contributed by atoms with Crippen LogP contribution >= 0.6 is 15.9 Å². The molecule has 0 N–H and O–H groups in total. The van der Waals surface area contributed by atoms with Crippen molar-refractivity contribution in [3.63, 3.8) is 0 Å². The molecule has 0 atom stereocenters. The Morgan fingerprint density at radius 1 is 1.11 bits per heavy atom. The van der Waals surface area contributed by atoms with E-state index < -0.39 is 0 Å². The Labute approximate surface area is 164 Å². The zero-order valence-corrected chi connectivity index (χ0v) is 16.4. The van der Waals surface area contributed by atoms with Gasteiger partial charge in [-0.1, -0.05) is 12.1 Å². The Balaban J connectivity index is 1.63. The zero-order chi connectivity index (χ0) is 19.0. The molecule has 27 heavy (non-hydrogen) atoms. The number of nitro benzene ring substituents is 1. The van der Waals surface area contributed by atoms with Crippen molar-refractivity contribution in [2.24, 2.45) is 0 Å². The summed E-state index contributed by atoms with van der Waals surface area (Å²) in [5.74, 6) is 0.962. The monoisotopic (exact) mass is 427 g/mol. The van der Waals surface area contributed by atoms with Gasteiger partial charge in [0.25, 0.3) is 5.69 Å². The fourth-order valence-corrected chi connectivity index (χ4v) is 3.71. The van der Waals surface area contributed by atoms with Gasteiger partial charge in [0.2, 0.25) is 0 Å². The number of halogens is 1. The average Bonchev–Trinajstić information content (AvgIpc) is 2.67. The van der Waals surface area contributed by atoms with Gasteiger partial charge in [-0.25, -0.2) is 9.97 Å². The Morgan fingerprint density at radius 3 is 2.52 bits per heavy atom. The van der Waals surface area contributed by atoms with E-state index in [9.17, 15) is 10.1 Å². The van der Waals surface area contributed by atoms with Crippen molar-refractivity contribution in [2.45, 2.75) is 6.92 Å². The minimum absolute atomic E-state index is 0.0511. The molecule has 138 valence electrons. The van der Waals surface area contributed by atoms with E-state index >= 15 is 0 Å². The Hall–Kier alpha value is -2.74. The van der Waals surface area contributed by atoms with Crippen LogP contribution in [0.3, 0.4) is 0 Å². The first kappa shape index (κ1) is 17.7. The third-order valence-electron chi connectivity index (χ3n) is 4.78. The molecule has 7 nitrogen and oxygen atoms in total. The number of fused-ring (bicyclic) bond motifs is 1. The van der Waals surface area contributed by atoms with Crippen molar-refractivity contribution < 1.29 is 4.92 Å². The number of piperazine rings is 1. The number of pyridine rings is 2. The lowest BCUT2D eigenvalue weighted by atomic mass is 10.1. The summed E-state index contributed by atoms with van der Waals surface area (Å²) in [5, 5.41) is 12.2. The average molecular weight is 428 g/mol. The van der Waals surface area contributed by atoms with E-state index in [0.29, 0.717) is 5.52 Å². The van der Waals surface area contributed by atoms with Gasteiger partial charge in [0.1, 0.15) is 5.82 Å². The highest BCUT2D eigenvalue weighted by Crippen LogP contribution is 2.32. The highest BCUT2D eigenvalue weighted by atomic mass is 79.9. The van der Waals surface area contributed by atoms with Gasteiger partial charge < -0.3 is 9.80 Å². The highest BCUT2D eigenvalue weighted by molar-refractivity contribution is 9.10. The van der Waals surface area contributed by atoms with Gasteiger partial charge in [0, 0.05) is 59.7 Å². The summed E-state index contributed by atoms with van der Waals surface area (Å²) in [5.41, 5.74) is 2.29. The molecule has 3 heterocycles. The standard InChI is InChI=1S/C19H18BrN5O2/c1-13-11-17(15-3-2-4-16(25(26)27)19(15)22-13)23-7-9-24(10-8-23)18-6-5-14(20)12-21-18/h2-6,11-12H,7-10H2,1H3. The molecule has 1 saturated heterocycles. The maximum Gasteiger partial charge on any atom is 0.295 e. The number of aryl methyl sites for hydroxylation is 1. The third kappa shape index (κ3) is 3.44. The smallest absolute Gasteiger partial charge is 0.295 e. The van der Waals surface area contributed by atoms with E-state index in [0.717, 1.165) is 53.2 Å². The maximum absolute atomic E-state index is 11.4. The quantitative estimate of drug-likeness (QED) is 0.465. The fraction of sp³-hybridized carbons (Fsp3) is 0.263. The van der Waals surface area contributed by atoms with Crippen LogP contribution in [0.15, 0.2) is 47.1 Å². The van der Waals surface area contributed by atoms with Gasteiger partial charge in [-0.3, -0.25) is 10.1 Å². The van der Waals surface area contributed by atoms with Crippen molar-refractivity contribution >= 4 is 44.0 Å². The number of rotatable bonds is 3. The largest absolute Gasteiger partial charge is 0.367 e. The van der Waals surface area contributed by atoms with Gasteiger partial charge >= 0.3 is 0 Å². The number of benzene rings is 1. The number of hydrogen-bond donors (Lipinski definition) is 0. The van der Waals surface area contributed by atoms with Crippen LogP contribution in [-0.2, 0) is 0 Å². The number of hydrogen-bond acceptors (Lipinski definition) is 6. The van der Waals surface area contributed by atoms with Crippen molar-refractivity contribution in [3.8, 4) is 0 Å². The molecule has 2 aromatic heterocycles. The van der Waals surface area contributed by atoms with E-state index in [2.05, 4.69) is 35.7 Å². The molecule has 0 bridgehead atoms. The first-order valence-corrected chi connectivity index (χ1v) is 9.48. The number of aromatic nitrogens is 2. The molecule has 0 amide bonds. The molecule has 1 aliphatic rings. The molecule has 1 fully saturated rings. The Morgan fingerprint density at radius 2 is 1.85 bits per heavy atom. The lowest BCUT2D eigenvalue weighted by Crippen LogP contribution is -2.47. The van der Waals surface area contributed by atoms with Crippen molar-refractivity contribution in [1.82, 2.24) is 9.97 Å². The zero-order valence-electron chi connectivity index (χ0n) is 14.8.